The van der Waals surface area contributed by atoms with Crippen molar-refractivity contribution in [1.29, 1.82) is 0 Å². The van der Waals surface area contributed by atoms with Crippen molar-refractivity contribution in [2.24, 2.45) is 0 Å². The number of rotatable bonds is 3. The Bertz CT molecular complexity index is 377. The molecule has 2 amide bonds. The molecule has 0 bridgehead atoms. The highest BCUT2D eigenvalue weighted by molar-refractivity contribution is 5.93. The van der Waals surface area contributed by atoms with Crippen LogP contribution in [-0.4, -0.2) is 23.7 Å². The number of hydrogen-bond acceptors (Lipinski definition) is 2. The molecule has 0 spiro atoms. The second-order valence-corrected chi connectivity index (χ2v) is 2.87. The van der Waals surface area contributed by atoms with Gasteiger partial charge >= 0.3 is 12.0 Å². The van der Waals surface area contributed by atoms with Gasteiger partial charge in [0, 0.05) is 12.2 Å². The van der Waals surface area contributed by atoms with Gasteiger partial charge in [-0.25, -0.2) is 9.59 Å². The van der Waals surface area contributed by atoms with E-state index in [2.05, 4.69) is 10.6 Å². The molecule has 1 rings (SSSR count). The van der Waals surface area contributed by atoms with Crippen LogP contribution in [0, 0.1) is 0 Å². The summed E-state index contributed by atoms with van der Waals surface area (Å²) in [7, 11) is 0. The SMILES string of the molecule is CCNC(=O)Nc1cccc(C(=O)O)c1. The molecule has 0 aliphatic carbocycles. The van der Waals surface area contributed by atoms with Crippen LogP contribution < -0.4 is 10.6 Å². The van der Waals surface area contributed by atoms with E-state index in [4.69, 9.17) is 5.11 Å². The lowest BCUT2D eigenvalue weighted by atomic mass is 10.2. The molecule has 0 aliphatic heterocycles. The van der Waals surface area contributed by atoms with Crippen LogP contribution in [0.2, 0.25) is 0 Å². The number of carbonyl (C=O) groups is 2. The fourth-order valence-electron chi connectivity index (χ4n) is 1.07. The van der Waals surface area contributed by atoms with Crippen LogP contribution in [-0.2, 0) is 0 Å². The zero-order valence-electron chi connectivity index (χ0n) is 8.28. The van der Waals surface area contributed by atoms with E-state index in [9.17, 15) is 9.59 Å². The molecule has 0 fully saturated rings. The van der Waals surface area contributed by atoms with Gasteiger partial charge in [0.25, 0.3) is 0 Å². The lowest BCUT2D eigenvalue weighted by Gasteiger charge is -2.05. The second-order valence-electron chi connectivity index (χ2n) is 2.87. The molecular formula is C10H12N2O3. The number of benzene rings is 1. The van der Waals surface area contributed by atoms with Crippen molar-refractivity contribution >= 4 is 17.7 Å². The molecule has 0 saturated carbocycles. The molecular weight excluding hydrogens is 196 g/mol. The number of carbonyl (C=O) groups excluding carboxylic acids is 1. The van der Waals surface area contributed by atoms with Crippen LogP contribution in [0.25, 0.3) is 0 Å². The lowest BCUT2D eigenvalue weighted by molar-refractivity contribution is 0.0697. The van der Waals surface area contributed by atoms with E-state index in [-0.39, 0.29) is 11.6 Å². The monoisotopic (exact) mass is 208 g/mol. The number of nitrogens with one attached hydrogen (secondary N) is 2. The third-order valence-corrected chi connectivity index (χ3v) is 1.70. The minimum Gasteiger partial charge on any atom is -0.478 e. The number of amides is 2. The van der Waals surface area contributed by atoms with Gasteiger partial charge in [0.05, 0.1) is 5.56 Å². The van der Waals surface area contributed by atoms with E-state index in [0.29, 0.717) is 12.2 Å². The summed E-state index contributed by atoms with van der Waals surface area (Å²) in [6, 6.07) is 5.72. The molecule has 0 atom stereocenters. The zero-order valence-corrected chi connectivity index (χ0v) is 8.28. The number of hydrogen-bond donors (Lipinski definition) is 3. The summed E-state index contributed by atoms with van der Waals surface area (Å²) >= 11 is 0. The van der Waals surface area contributed by atoms with E-state index in [1.807, 2.05) is 0 Å². The van der Waals surface area contributed by atoms with E-state index in [0.717, 1.165) is 0 Å². The smallest absolute Gasteiger partial charge is 0.335 e. The highest BCUT2D eigenvalue weighted by Gasteiger charge is 2.04. The maximum atomic E-state index is 11.1. The summed E-state index contributed by atoms with van der Waals surface area (Å²) in [6.45, 7) is 2.32. The Kier molecular flexibility index (Phi) is 3.68. The van der Waals surface area contributed by atoms with Crippen molar-refractivity contribution in [3.63, 3.8) is 0 Å². The highest BCUT2D eigenvalue weighted by Crippen LogP contribution is 2.10. The Balaban J connectivity index is 2.73. The van der Waals surface area contributed by atoms with Crippen LogP contribution in [0.5, 0.6) is 0 Å². The summed E-state index contributed by atoms with van der Waals surface area (Å²) in [5.74, 6) is -1.02. The first-order valence-electron chi connectivity index (χ1n) is 4.51. The van der Waals surface area contributed by atoms with Crippen LogP contribution in [0.1, 0.15) is 17.3 Å². The maximum absolute atomic E-state index is 11.1. The van der Waals surface area contributed by atoms with E-state index < -0.39 is 5.97 Å². The Labute approximate surface area is 87.1 Å². The van der Waals surface area contributed by atoms with Gasteiger partial charge in [-0.05, 0) is 25.1 Å². The Morgan fingerprint density at radius 2 is 2.13 bits per heavy atom. The van der Waals surface area contributed by atoms with Crippen LogP contribution >= 0.6 is 0 Å². The van der Waals surface area contributed by atoms with Gasteiger partial charge in [0.15, 0.2) is 0 Å². The molecule has 0 heterocycles. The quantitative estimate of drug-likeness (QED) is 0.704. The first-order chi connectivity index (χ1) is 7.13. The minimum atomic E-state index is -1.02. The molecule has 1 aromatic carbocycles. The topological polar surface area (TPSA) is 78.4 Å². The zero-order chi connectivity index (χ0) is 11.3. The summed E-state index contributed by atoms with van der Waals surface area (Å²) in [5, 5.41) is 13.8. The summed E-state index contributed by atoms with van der Waals surface area (Å²) < 4.78 is 0. The maximum Gasteiger partial charge on any atom is 0.335 e. The number of carboxylic acids is 1. The molecule has 5 heteroatoms. The highest BCUT2D eigenvalue weighted by atomic mass is 16.4. The van der Waals surface area contributed by atoms with Gasteiger partial charge < -0.3 is 15.7 Å². The Hall–Kier alpha value is -2.04. The van der Waals surface area contributed by atoms with Gasteiger partial charge in [-0.3, -0.25) is 0 Å². The summed E-state index contributed by atoms with van der Waals surface area (Å²) in [5.41, 5.74) is 0.602. The van der Waals surface area contributed by atoms with E-state index in [1.165, 1.54) is 12.1 Å². The average molecular weight is 208 g/mol. The molecule has 0 aromatic heterocycles. The van der Waals surface area contributed by atoms with Crippen molar-refractivity contribution in [3.8, 4) is 0 Å². The summed E-state index contributed by atoms with van der Waals surface area (Å²) in [6.07, 6.45) is 0. The standard InChI is InChI=1S/C10H12N2O3/c1-2-11-10(15)12-8-5-3-4-7(6-8)9(13)14/h3-6H,2H2,1H3,(H,13,14)(H2,11,12,15). The number of anilines is 1. The van der Waals surface area contributed by atoms with Gasteiger partial charge in [0.2, 0.25) is 0 Å². The molecule has 80 valence electrons. The Morgan fingerprint density at radius 3 is 2.73 bits per heavy atom. The molecule has 3 N–H and O–H groups in total. The minimum absolute atomic E-state index is 0.143. The molecule has 0 unspecified atom stereocenters. The van der Waals surface area contributed by atoms with Gasteiger partial charge in [0.1, 0.15) is 0 Å². The van der Waals surface area contributed by atoms with Crippen molar-refractivity contribution in [2.45, 2.75) is 6.92 Å². The predicted octanol–water partition coefficient (Wildman–Crippen LogP) is 1.53. The van der Waals surface area contributed by atoms with Crippen molar-refractivity contribution in [2.75, 3.05) is 11.9 Å². The van der Waals surface area contributed by atoms with Crippen molar-refractivity contribution in [3.05, 3.63) is 29.8 Å². The third-order valence-electron chi connectivity index (χ3n) is 1.70. The normalized spacial score (nSPS) is 9.40. The largest absolute Gasteiger partial charge is 0.478 e. The second kappa shape index (κ2) is 4.99. The van der Waals surface area contributed by atoms with Gasteiger partial charge in [-0.15, -0.1) is 0 Å². The fraction of sp³-hybridized carbons (Fsp3) is 0.200. The van der Waals surface area contributed by atoms with E-state index in [1.54, 1.807) is 19.1 Å². The van der Waals surface area contributed by atoms with Crippen LogP contribution in [0.15, 0.2) is 24.3 Å². The molecule has 0 radical (unpaired) electrons. The lowest BCUT2D eigenvalue weighted by Crippen LogP contribution is -2.28. The van der Waals surface area contributed by atoms with E-state index >= 15 is 0 Å². The molecule has 15 heavy (non-hydrogen) atoms. The molecule has 0 aliphatic rings. The van der Waals surface area contributed by atoms with Crippen molar-refractivity contribution in [1.82, 2.24) is 5.32 Å². The number of urea groups is 1. The molecule has 1 aromatic rings. The fourth-order valence-corrected chi connectivity index (χ4v) is 1.07. The number of carboxylic acid groups (broad SMARTS) is 1. The first kappa shape index (κ1) is 11.0. The van der Waals surface area contributed by atoms with Gasteiger partial charge in [-0.2, -0.15) is 0 Å². The Morgan fingerprint density at radius 1 is 1.40 bits per heavy atom. The average Bonchev–Trinajstić information content (AvgIpc) is 2.18. The third kappa shape index (κ3) is 3.30. The van der Waals surface area contributed by atoms with Gasteiger partial charge in [-0.1, -0.05) is 6.07 Å². The van der Waals surface area contributed by atoms with Crippen molar-refractivity contribution < 1.29 is 14.7 Å². The molecule has 0 saturated heterocycles. The summed E-state index contributed by atoms with van der Waals surface area (Å²) in [4.78, 5) is 21.8. The first-order valence-corrected chi connectivity index (χ1v) is 4.51. The predicted molar refractivity (Wildman–Crippen MR) is 56.1 cm³/mol. The van der Waals surface area contributed by atoms with Crippen LogP contribution in [0.3, 0.4) is 0 Å². The molecule has 5 nitrogen and oxygen atoms in total. The van der Waals surface area contributed by atoms with Crippen LogP contribution in [0.4, 0.5) is 10.5 Å². The number of aromatic carboxylic acids is 1.